The second-order valence-electron chi connectivity index (χ2n) is 4.22. The number of nitro groups is 1. The molecule has 0 N–H and O–H groups in total. The fraction of sp³-hybridized carbons (Fsp3) is 0.0714. The van der Waals surface area contributed by atoms with Crippen molar-refractivity contribution in [2.75, 3.05) is 0 Å². The Kier molecular flexibility index (Phi) is 4.50. The second kappa shape index (κ2) is 6.34. The Balaban J connectivity index is 2.27. The van der Waals surface area contributed by atoms with Gasteiger partial charge in [-0.3, -0.25) is 10.1 Å². The zero-order valence-corrected chi connectivity index (χ0v) is 11.9. The number of rotatable bonds is 5. The zero-order valence-electron chi connectivity index (χ0n) is 11.1. The van der Waals surface area contributed by atoms with Crippen molar-refractivity contribution in [1.29, 1.82) is 5.26 Å². The molecule has 2 rings (SSSR count). The SMILES string of the molecule is N#CC(OS(=O)(=O)c1ccc([N+](=O)[O-])cc1)c1ccccc1. The summed E-state index contributed by atoms with van der Waals surface area (Å²) in [5.41, 5.74) is 0.161. The molecule has 0 aliphatic rings. The van der Waals surface area contributed by atoms with E-state index >= 15 is 0 Å². The van der Waals surface area contributed by atoms with Crippen LogP contribution in [0.3, 0.4) is 0 Å². The lowest BCUT2D eigenvalue weighted by molar-refractivity contribution is -0.384. The van der Waals surface area contributed by atoms with Crippen LogP contribution in [0, 0.1) is 21.4 Å². The van der Waals surface area contributed by atoms with E-state index in [1.807, 2.05) is 0 Å². The maximum Gasteiger partial charge on any atom is 0.298 e. The second-order valence-corrected chi connectivity index (χ2v) is 5.79. The molecule has 0 radical (unpaired) electrons. The van der Waals surface area contributed by atoms with Gasteiger partial charge in [0, 0.05) is 12.1 Å². The third-order valence-corrected chi connectivity index (χ3v) is 4.07. The van der Waals surface area contributed by atoms with Crippen molar-refractivity contribution in [2.24, 2.45) is 0 Å². The normalized spacial score (nSPS) is 12.3. The minimum absolute atomic E-state index is 0.237. The molecule has 0 aliphatic heterocycles. The Morgan fingerprint density at radius 1 is 1.09 bits per heavy atom. The van der Waals surface area contributed by atoms with Crippen molar-refractivity contribution in [3.05, 3.63) is 70.3 Å². The van der Waals surface area contributed by atoms with Gasteiger partial charge in [-0.1, -0.05) is 30.3 Å². The average Bonchev–Trinajstić information content (AvgIpc) is 2.53. The highest BCUT2D eigenvalue weighted by atomic mass is 32.2. The predicted molar refractivity (Wildman–Crippen MR) is 76.2 cm³/mol. The van der Waals surface area contributed by atoms with Gasteiger partial charge in [-0.15, -0.1) is 0 Å². The summed E-state index contributed by atoms with van der Waals surface area (Å²) in [5, 5.41) is 19.6. The highest BCUT2D eigenvalue weighted by molar-refractivity contribution is 7.86. The van der Waals surface area contributed by atoms with E-state index in [-0.39, 0.29) is 10.6 Å². The first-order valence-corrected chi connectivity index (χ1v) is 7.47. The largest absolute Gasteiger partial charge is 0.298 e. The summed E-state index contributed by atoms with van der Waals surface area (Å²) in [6, 6.07) is 14.2. The molecule has 0 amide bonds. The van der Waals surface area contributed by atoms with Crippen molar-refractivity contribution in [3.8, 4) is 6.07 Å². The van der Waals surface area contributed by atoms with Crippen molar-refractivity contribution in [2.45, 2.75) is 11.0 Å². The summed E-state index contributed by atoms with van der Waals surface area (Å²) in [6.45, 7) is 0. The molecule has 0 heterocycles. The first-order chi connectivity index (χ1) is 10.4. The van der Waals surface area contributed by atoms with E-state index in [2.05, 4.69) is 0 Å². The third kappa shape index (κ3) is 3.46. The van der Waals surface area contributed by atoms with Crippen LogP contribution in [0.15, 0.2) is 59.5 Å². The van der Waals surface area contributed by atoms with Crippen LogP contribution in [0.4, 0.5) is 5.69 Å². The standard InChI is InChI=1S/C14H10N2O5S/c15-10-14(11-4-2-1-3-5-11)21-22(19,20)13-8-6-12(7-9-13)16(17)18/h1-9,14H. The average molecular weight is 318 g/mol. The fourth-order valence-electron chi connectivity index (χ4n) is 1.70. The minimum Gasteiger partial charge on any atom is -0.258 e. The van der Waals surface area contributed by atoms with Gasteiger partial charge < -0.3 is 0 Å². The molecular weight excluding hydrogens is 308 g/mol. The molecule has 0 spiro atoms. The summed E-state index contributed by atoms with van der Waals surface area (Å²) < 4.78 is 29.1. The molecule has 0 aromatic heterocycles. The molecule has 22 heavy (non-hydrogen) atoms. The van der Waals surface area contributed by atoms with Gasteiger partial charge in [0.15, 0.2) is 6.10 Å². The Morgan fingerprint density at radius 2 is 1.68 bits per heavy atom. The van der Waals surface area contributed by atoms with E-state index in [0.29, 0.717) is 5.56 Å². The molecule has 0 bridgehead atoms. The smallest absolute Gasteiger partial charge is 0.258 e. The lowest BCUT2D eigenvalue weighted by atomic mass is 10.1. The van der Waals surface area contributed by atoms with E-state index in [9.17, 15) is 18.5 Å². The number of non-ortho nitro benzene ring substituents is 1. The lowest BCUT2D eigenvalue weighted by Crippen LogP contribution is -2.11. The fourth-order valence-corrected chi connectivity index (χ4v) is 2.68. The van der Waals surface area contributed by atoms with Crippen LogP contribution < -0.4 is 0 Å². The van der Waals surface area contributed by atoms with Crippen LogP contribution in [0.25, 0.3) is 0 Å². The van der Waals surface area contributed by atoms with Gasteiger partial charge in [0.05, 0.1) is 9.82 Å². The number of hydrogen-bond acceptors (Lipinski definition) is 6. The van der Waals surface area contributed by atoms with E-state index in [0.717, 1.165) is 24.3 Å². The molecule has 1 unspecified atom stereocenters. The summed E-state index contributed by atoms with van der Waals surface area (Å²) in [5.74, 6) is 0. The van der Waals surface area contributed by atoms with E-state index in [1.54, 1.807) is 36.4 Å². The molecule has 0 fully saturated rings. The summed E-state index contributed by atoms with van der Waals surface area (Å²) >= 11 is 0. The van der Waals surface area contributed by atoms with Gasteiger partial charge in [-0.2, -0.15) is 13.7 Å². The number of nitrogens with zero attached hydrogens (tertiary/aromatic N) is 2. The van der Waals surface area contributed by atoms with Crippen LogP contribution >= 0.6 is 0 Å². The van der Waals surface area contributed by atoms with Crippen molar-refractivity contribution >= 4 is 15.8 Å². The van der Waals surface area contributed by atoms with Gasteiger partial charge in [0.25, 0.3) is 15.8 Å². The Bertz CT molecular complexity index is 811. The van der Waals surface area contributed by atoms with Crippen LogP contribution in [0.1, 0.15) is 11.7 Å². The maximum atomic E-state index is 12.1. The third-order valence-electron chi connectivity index (χ3n) is 2.78. The first-order valence-electron chi connectivity index (χ1n) is 6.06. The summed E-state index contributed by atoms with van der Waals surface area (Å²) in [4.78, 5) is 9.66. The molecule has 7 nitrogen and oxygen atoms in total. The maximum absolute atomic E-state index is 12.1. The molecule has 0 saturated carbocycles. The molecule has 8 heteroatoms. The number of benzene rings is 2. The van der Waals surface area contributed by atoms with E-state index in [4.69, 9.17) is 9.44 Å². The topological polar surface area (TPSA) is 110 Å². The molecule has 2 aromatic rings. The summed E-state index contributed by atoms with van der Waals surface area (Å²) in [6.07, 6.45) is -1.29. The molecule has 0 saturated heterocycles. The van der Waals surface area contributed by atoms with Crippen LogP contribution in [0.2, 0.25) is 0 Å². The number of hydrogen-bond donors (Lipinski definition) is 0. The van der Waals surface area contributed by atoms with Crippen LogP contribution in [-0.4, -0.2) is 13.3 Å². The minimum atomic E-state index is -4.21. The van der Waals surface area contributed by atoms with Gasteiger partial charge in [0.1, 0.15) is 6.07 Å². The highest BCUT2D eigenvalue weighted by Gasteiger charge is 2.23. The summed E-state index contributed by atoms with van der Waals surface area (Å²) in [7, 11) is -4.21. The molecule has 2 aromatic carbocycles. The van der Waals surface area contributed by atoms with Gasteiger partial charge >= 0.3 is 0 Å². The molecule has 112 valence electrons. The number of nitro benzene ring substituents is 1. The monoisotopic (exact) mass is 318 g/mol. The van der Waals surface area contributed by atoms with Crippen molar-refractivity contribution in [1.82, 2.24) is 0 Å². The van der Waals surface area contributed by atoms with Crippen molar-refractivity contribution in [3.63, 3.8) is 0 Å². The zero-order chi connectivity index (χ0) is 16.2. The lowest BCUT2D eigenvalue weighted by Gasteiger charge is -2.11. The number of nitriles is 1. The van der Waals surface area contributed by atoms with Crippen LogP contribution in [0.5, 0.6) is 0 Å². The Morgan fingerprint density at radius 3 is 2.18 bits per heavy atom. The first kappa shape index (κ1) is 15.6. The van der Waals surface area contributed by atoms with Crippen LogP contribution in [-0.2, 0) is 14.3 Å². The van der Waals surface area contributed by atoms with E-state index < -0.39 is 21.1 Å². The van der Waals surface area contributed by atoms with E-state index in [1.165, 1.54) is 0 Å². The molecule has 0 aliphatic carbocycles. The molecular formula is C14H10N2O5S. The molecule has 1 atom stereocenters. The van der Waals surface area contributed by atoms with Gasteiger partial charge in [0.2, 0.25) is 0 Å². The van der Waals surface area contributed by atoms with Gasteiger partial charge in [-0.25, -0.2) is 4.18 Å². The van der Waals surface area contributed by atoms with Gasteiger partial charge in [-0.05, 0) is 17.7 Å². The van der Waals surface area contributed by atoms with Crippen molar-refractivity contribution < 1.29 is 17.5 Å². The predicted octanol–water partition coefficient (Wildman–Crippen LogP) is 2.56. The Hall–Kier alpha value is -2.76. The Labute approximate surface area is 126 Å². The highest BCUT2D eigenvalue weighted by Crippen LogP contribution is 2.24. The quantitative estimate of drug-likeness (QED) is 0.476.